The first-order valence-electron chi connectivity index (χ1n) is 5.65. The summed E-state index contributed by atoms with van der Waals surface area (Å²) in [6.07, 6.45) is 1.89. The first kappa shape index (κ1) is 13.0. The minimum Gasteiger partial charge on any atom is -0.370 e. The van der Waals surface area contributed by atoms with Crippen molar-refractivity contribution in [3.05, 3.63) is 29.3 Å². The summed E-state index contributed by atoms with van der Waals surface area (Å²) in [6, 6.07) is 6.11. The van der Waals surface area contributed by atoms with Crippen LogP contribution in [0.15, 0.2) is 18.2 Å². The molecule has 0 aliphatic carbocycles. The van der Waals surface area contributed by atoms with Crippen molar-refractivity contribution < 1.29 is 0 Å². The molecule has 0 fully saturated rings. The van der Waals surface area contributed by atoms with Crippen LogP contribution in [0.2, 0.25) is 0 Å². The van der Waals surface area contributed by atoms with Gasteiger partial charge in [0.15, 0.2) is 11.9 Å². The lowest BCUT2D eigenvalue weighted by Crippen LogP contribution is -2.39. The highest BCUT2D eigenvalue weighted by Gasteiger charge is 2.04. The smallest absolute Gasteiger partial charge is 0.199 e. The Kier molecular flexibility index (Phi) is 4.51. The van der Waals surface area contributed by atoms with Crippen LogP contribution in [0.1, 0.15) is 25.0 Å². The lowest BCUT2D eigenvalue weighted by Gasteiger charge is -2.13. The van der Waals surface area contributed by atoms with Gasteiger partial charge in [0.25, 0.3) is 0 Å². The number of aryl methyl sites for hydroxylation is 2. The fourth-order valence-electron chi connectivity index (χ4n) is 1.58. The van der Waals surface area contributed by atoms with Gasteiger partial charge in [0.05, 0.1) is 0 Å². The van der Waals surface area contributed by atoms with Crippen LogP contribution >= 0.6 is 0 Å². The van der Waals surface area contributed by atoms with Crippen LogP contribution in [-0.2, 0) is 12.8 Å². The van der Waals surface area contributed by atoms with Crippen molar-refractivity contribution in [1.82, 2.24) is 5.32 Å². The molecule has 0 atom stereocenters. The van der Waals surface area contributed by atoms with Crippen molar-refractivity contribution in [2.45, 2.75) is 26.7 Å². The van der Waals surface area contributed by atoms with Gasteiger partial charge in [-0.05, 0) is 30.0 Å². The molecule has 0 saturated heterocycles. The Morgan fingerprint density at radius 2 is 1.94 bits per heavy atom. The molecule has 0 unspecified atom stereocenters. The highest BCUT2D eigenvalue weighted by atomic mass is 15.2. The topological polar surface area (TPSA) is 97.8 Å². The van der Waals surface area contributed by atoms with E-state index in [1.165, 1.54) is 5.56 Å². The molecule has 0 radical (unpaired) electrons. The largest absolute Gasteiger partial charge is 0.370 e. The number of hydrogen-bond acceptors (Lipinski definition) is 2. The van der Waals surface area contributed by atoms with Gasteiger partial charge >= 0.3 is 0 Å². The van der Waals surface area contributed by atoms with Crippen molar-refractivity contribution in [2.24, 2.45) is 5.73 Å². The van der Waals surface area contributed by atoms with Crippen molar-refractivity contribution in [3.63, 3.8) is 0 Å². The van der Waals surface area contributed by atoms with Crippen molar-refractivity contribution in [2.75, 3.05) is 5.32 Å². The zero-order chi connectivity index (χ0) is 12.8. The van der Waals surface area contributed by atoms with E-state index in [0.717, 1.165) is 24.1 Å². The molecular formula is C12H19N5. The first-order chi connectivity index (χ1) is 8.06. The molecule has 0 bridgehead atoms. The SMILES string of the molecule is CCc1ccc(NC(=N)NC(=N)N)c(CC)c1. The van der Waals surface area contributed by atoms with Gasteiger partial charge in [-0.2, -0.15) is 0 Å². The highest BCUT2D eigenvalue weighted by Crippen LogP contribution is 2.18. The third kappa shape index (κ3) is 3.79. The molecule has 0 saturated carbocycles. The van der Waals surface area contributed by atoms with Crippen LogP contribution in [0, 0.1) is 10.8 Å². The van der Waals surface area contributed by atoms with E-state index in [4.69, 9.17) is 16.6 Å². The predicted molar refractivity (Wildman–Crippen MR) is 71.6 cm³/mol. The monoisotopic (exact) mass is 233 g/mol. The zero-order valence-electron chi connectivity index (χ0n) is 10.2. The van der Waals surface area contributed by atoms with Crippen molar-refractivity contribution in [3.8, 4) is 0 Å². The van der Waals surface area contributed by atoms with Crippen LogP contribution < -0.4 is 16.4 Å². The number of benzene rings is 1. The molecule has 0 amide bonds. The van der Waals surface area contributed by atoms with Gasteiger partial charge in [0.2, 0.25) is 0 Å². The number of nitrogens with two attached hydrogens (primary N) is 1. The number of hydrogen-bond donors (Lipinski definition) is 5. The molecule has 0 aliphatic rings. The lowest BCUT2D eigenvalue weighted by molar-refractivity contribution is 1.09. The van der Waals surface area contributed by atoms with E-state index in [1.54, 1.807) is 0 Å². The minimum absolute atomic E-state index is 0.0106. The quantitative estimate of drug-likeness (QED) is 0.405. The van der Waals surface area contributed by atoms with Crippen LogP contribution in [0.3, 0.4) is 0 Å². The summed E-state index contributed by atoms with van der Waals surface area (Å²) in [5.74, 6) is -0.234. The first-order valence-corrected chi connectivity index (χ1v) is 5.65. The van der Waals surface area contributed by atoms with Crippen molar-refractivity contribution >= 4 is 17.6 Å². The van der Waals surface area contributed by atoms with Gasteiger partial charge in [0.1, 0.15) is 0 Å². The minimum atomic E-state index is -0.245. The molecule has 1 aromatic rings. The second-order valence-corrected chi connectivity index (χ2v) is 3.74. The van der Waals surface area contributed by atoms with Gasteiger partial charge in [-0.25, -0.2) is 0 Å². The summed E-state index contributed by atoms with van der Waals surface area (Å²) in [5, 5.41) is 19.9. The Labute approximate surface area is 101 Å². The zero-order valence-corrected chi connectivity index (χ0v) is 10.2. The summed E-state index contributed by atoms with van der Waals surface area (Å²) >= 11 is 0. The summed E-state index contributed by atoms with van der Waals surface area (Å²) in [4.78, 5) is 0. The van der Waals surface area contributed by atoms with Gasteiger partial charge in [0, 0.05) is 5.69 Å². The van der Waals surface area contributed by atoms with Crippen LogP contribution in [0.25, 0.3) is 0 Å². The standard InChI is InChI=1S/C12H19N5/c1-3-8-5-6-10(9(4-2)7-8)16-12(15)17-11(13)14/h5-7H,3-4H2,1-2H3,(H6,13,14,15,16,17). The van der Waals surface area contributed by atoms with E-state index < -0.39 is 0 Å². The van der Waals surface area contributed by atoms with Gasteiger partial charge in [-0.15, -0.1) is 0 Å². The van der Waals surface area contributed by atoms with E-state index in [2.05, 4.69) is 30.5 Å². The van der Waals surface area contributed by atoms with Gasteiger partial charge in [-0.3, -0.25) is 16.1 Å². The van der Waals surface area contributed by atoms with Crippen LogP contribution in [0.4, 0.5) is 5.69 Å². The number of guanidine groups is 2. The van der Waals surface area contributed by atoms with E-state index in [9.17, 15) is 0 Å². The molecule has 1 rings (SSSR count). The Bertz CT molecular complexity index is 425. The maximum Gasteiger partial charge on any atom is 0.199 e. The summed E-state index contributed by atoms with van der Waals surface area (Å²) in [7, 11) is 0. The predicted octanol–water partition coefficient (Wildman–Crippen LogP) is 1.64. The molecule has 5 nitrogen and oxygen atoms in total. The van der Waals surface area contributed by atoms with E-state index in [0.29, 0.717) is 0 Å². The summed E-state index contributed by atoms with van der Waals surface area (Å²) in [5.41, 5.74) is 8.46. The lowest BCUT2D eigenvalue weighted by atomic mass is 10.0. The second kappa shape index (κ2) is 5.89. The highest BCUT2D eigenvalue weighted by molar-refractivity contribution is 6.02. The average Bonchev–Trinajstić information content (AvgIpc) is 2.28. The normalized spacial score (nSPS) is 9.76. The van der Waals surface area contributed by atoms with Crippen LogP contribution in [-0.4, -0.2) is 11.9 Å². The van der Waals surface area contributed by atoms with Gasteiger partial charge in [-0.1, -0.05) is 26.0 Å². The molecule has 0 heterocycles. The van der Waals surface area contributed by atoms with Gasteiger partial charge < -0.3 is 11.1 Å². The number of rotatable bonds is 3. The molecular weight excluding hydrogens is 214 g/mol. The number of anilines is 1. The third-order valence-electron chi connectivity index (χ3n) is 2.48. The summed E-state index contributed by atoms with van der Waals surface area (Å²) < 4.78 is 0. The Balaban J connectivity index is 2.83. The van der Waals surface area contributed by atoms with E-state index in [-0.39, 0.29) is 11.9 Å². The molecule has 0 aliphatic heterocycles. The average molecular weight is 233 g/mol. The van der Waals surface area contributed by atoms with E-state index >= 15 is 0 Å². The fraction of sp³-hybridized carbons (Fsp3) is 0.333. The molecule has 0 aromatic heterocycles. The fourth-order valence-corrected chi connectivity index (χ4v) is 1.58. The maximum absolute atomic E-state index is 7.58. The Morgan fingerprint density at radius 1 is 1.24 bits per heavy atom. The summed E-state index contributed by atoms with van der Waals surface area (Å²) in [6.45, 7) is 4.18. The van der Waals surface area contributed by atoms with Crippen LogP contribution in [0.5, 0.6) is 0 Å². The molecule has 17 heavy (non-hydrogen) atoms. The molecule has 0 spiro atoms. The molecule has 6 N–H and O–H groups in total. The molecule has 92 valence electrons. The Hall–Kier alpha value is -2.04. The third-order valence-corrected chi connectivity index (χ3v) is 2.48. The maximum atomic E-state index is 7.58. The van der Waals surface area contributed by atoms with E-state index in [1.807, 2.05) is 12.1 Å². The second-order valence-electron chi connectivity index (χ2n) is 3.74. The van der Waals surface area contributed by atoms with Crippen molar-refractivity contribution in [1.29, 1.82) is 10.8 Å². The Morgan fingerprint density at radius 3 is 2.47 bits per heavy atom. The molecule has 1 aromatic carbocycles. The molecule has 5 heteroatoms. The number of nitrogens with one attached hydrogen (secondary N) is 4.